The molecule has 12 heteroatoms. The number of hydrogen-bond donors (Lipinski definition) is 0. The zero-order chi connectivity index (χ0) is 25.1. The molecule has 1 aromatic heterocycles. The number of hydrogen-bond acceptors (Lipinski definition) is 8. The molecule has 2 atom stereocenters. The third-order valence-corrected chi connectivity index (χ3v) is 12.7. The maximum Gasteiger partial charge on any atom is 0.409 e. The Morgan fingerprint density at radius 2 is 1.91 bits per heavy atom. The number of aromatic nitrogens is 4. The maximum absolute atomic E-state index is 12.9. The van der Waals surface area contributed by atoms with Gasteiger partial charge in [-0.3, -0.25) is 0 Å². The lowest BCUT2D eigenvalue weighted by Gasteiger charge is -2.38. The van der Waals surface area contributed by atoms with Gasteiger partial charge in [-0.05, 0) is 47.1 Å². The van der Waals surface area contributed by atoms with E-state index in [1.54, 1.807) is 36.1 Å². The molecule has 0 bridgehead atoms. The second-order valence-electron chi connectivity index (χ2n) is 10.4. The molecule has 1 fully saturated rings. The highest BCUT2D eigenvalue weighted by Crippen LogP contribution is 2.38. The highest BCUT2D eigenvalue weighted by Gasteiger charge is 2.41. The second-order valence-corrected chi connectivity index (χ2v) is 17.1. The lowest BCUT2D eigenvalue weighted by atomic mass is 10.2. The first-order chi connectivity index (χ1) is 15.8. The maximum atomic E-state index is 12.9. The summed E-state index contributed by atoms with van der Waals surface area (Å²) in [5.41, 5.74) is 0.550. The van der Waals surface area contributed by atoms with Crippen molar-refractivity contribution in [1.29, 1.82) is 0 Å². The SMILES string of the molecule is C[C@H](COC(=O)N1CCC(O[Si](C)(C)C(C)(C)C)C1)CS(=O)(=O)c1nnnn1-c1ccccc1. The Balaban J connectivity index is 1.52. The van der Waals surface area contributed by atoms with Crippen molar-refractivity contribution in [3.63, 3.8) is 0 Å². The first kappa shape index (κ1) is 26.3. The number of carbonyl (C=O) groups excluding carboxylic acids is 1. The number of tetrazole rings is 1. The van der Waals surface area contributed by atoms with E-state index in [0.717, 1.165) is 6.42 Å². The Labute approximate surface area is 202 Å². The fourth-order valence-electron chi connectivity index (χ4n) is 3.49. The molecular formula is C22H35N5O5SSi. The Bertz CT molecular complexity index is 1080. The fraction of sp³-hybridized carbons (Fsp3) is 0.636. The van der Waals surface area contributed by atoms with E-state index in [1.165, 1.54) is 4.68 Å². The van der Waals surface area contributed by atoms with Crippen LogP contribution in [0.15, 0.2) is 35.5 Å². The molecule has 1 unspecified atom stereocenters. The smallest absolute Gasteiger partial charge is 0.409 e. The van der Waals surface area contributed by atoms with Crippen molar-refractivity contribution in [2.45, 2.75) is 63.5 Å². The van der Waals surface area contributed by atoms with Crippen LogP contribution in [0.25, 0.3) is 5.69 Å². The van der Waals surface area contributed by atoms with E-state index < -0.39 is 30.2 Å². The standard InChI is InChI=1S/C22H35N5O5SSi/c1-17(16-33(29,30)20-23-24-25-27(20)18-10-8-7-9-11-18)15-31-21(28)26-13-12-19(14-26)32-34(5,6)22(2,3)4/h7-11,17,19H,12-16H2,1-6H3/t17-,19?/m1/s1. The molecule has 1 aliphatic rings. The lowest BCUT2D eigenvalue weighted by molar-refractivity contribution is 0.0942. The van der Waals surface area contributed by atoms with Crippen molar-refractivity contribution in [2.24, 2.45) is 5.92 Å². The summed E-state index contributed by atoms with van der Waals surface area (Å²) < 4.78 is 38.9. The van der Waals surface area contributed by atoms with Gasteiger partial charge in [0.25, 0.3) is 5.16 Å². The van der Waals surface area contributed by atoms with Crippen LogP contribution < -0.4 is 0 Å². The summed E-state index contributed by atoms with van der Waals surface area (Å²) >= 11 is 0. The van der Waals surface area contributed by atoms with Crippen molar-refractivity contribution in [1.82, 2.24) is 25.1 Å². The topological polar surface area (TPSA) is 117 Å². The van der Waals surface area contributed by atoms with Crippen molar-refractivity contribution in [3.8, 4) is 5.69 Å². The van der Waals surface area contributed by atoms with Crippen LogP contribution in [0.3, 0.4) is 0 Å². The Hall–Kier alpha value is -2.31. The van der Waals surface area contributed by atoms with Gasteiger partial charge < -0.3 is 14.1 Å². The van der Waals surface area contributed by atoms with Crippen molar-refractivity contribution in [2.75, 3.05) is 25.4 Å². The molecule has 2 heterocycles. The summed E-state index contributed by atoms with van der Waals surface area (Å²) in [4.78, 5) is 14.2. The molecule has 3 rings (SSSR count). The number of nitrogens with zero attached hydrogens (tertiary/aromatic N) is 5. The fourth-order valence-corrected chi connectivity index (χ4v) is 6.43. The number of para-hydroxylation sites is 1. The molecule has 0 N–H and O–H groups in total. The van der Waals surface area contributed by atoms with E-state index in [1.807, 2.05) is 6.07 Å². The molecule has 0 radical (unpaired) electrons. The van der Waals surface area contributed by atoms with E-state index in [9.17, 15) is 13.2 Å². The van der Waals surface area contributed by atoms with E-state index in [4.69, 9.17) is 9.16 Å². The number of sulfone groups is 1. The average Bonchev–Trinajstić information content (AvgIpc) is 3.41. The summed E-state index contributed by atoms with van der Waals surface area (Å²) in [5, 5.41) is 10.9. The molecule has 2 aromatic rings. The molecular weight excluding hydrogens is 474 g/mol. The van der Waals surface area contributed by atoms with Gasteiger partial charge in [-0.15, -0.1) is 0 Å². The summed E-state index contributed by atoms with van der Waals surface area (Å²) in [6.45, 7) is 13.7. The Morgan fingerprint density at radius 1 is 1.24 bits per heavy atom. The van der Waals surface area contributed by atoms with Crippen LogP contribution in [-0.4, -0.2) is 79.5 Å². The van der Waals surface area contributed by atoms with Crippen LogP contribution in [0.4, 0.5) is 4.79 Å². The molecule has 1 amide bonds. The molecule has 1 aromatic carbocycles. The minimum atomic E-state index is -3.80. The van der Waals surface area contributed by atoms with Crippen LogP contribution in [0.5, 0.6) is 0 Å². The molecule has 1 aliphatic heterocycles. The van der Waals surface area contributed by atoms with Crippen LogP contribution in [0.1, 0.15) is 34.1 Å². The van der Waals surface area contributed by atoms with Gasteiger partial charge in [-0.25, -0.2) is 13.2 Å². The quantitative estimate of drug-likeness (QED) is 0.498. The van der Waals surface area contributed by atoms with Gasteiger partial charge in [0.05, 0.1) is 24.2 Å². The van der Waals surface area contributed by atoms with E-state index in [0.29, 0.717) is 18.8 Å². The number of rotatable bonds is 8. The number of carbonyl (C=O) groups is 1. The molecule has 0 aliphatic carbocycles. The van der Waals surface area contributed by atoms with Gasteiger partial charge >= 0.3 is 6.09 Å². The minimum Gasteiger partial charge on any atom is -0.449 e. The largest absolute Gasteiger partial charge is 0.449 e. The van der Waals surface area contributed by atoms with Gasteiger partial charge in [0, 0.05) is 19.0 Å². The molecule has 0 saturated carbocycles. The zero-order valence-corrected chi connectivity index (χ0v) is 22.6. The summed E-state index contributed by atoms with van der Waals surface area (Å²) in [6.07, 6.45) is 0.330. The van der Waals surface area contributed by atoms with Crippen molar-refractivity contribution < 1.29 is 22.4 Å². The molecule has 0 spiro atoms. The van der Waals surface area contributed by atoms with E-state index in [-0.39, 0.29) is 28.7 Å². The van der Waals surface area contributed by atoms with Gasteiger partial charge in [-0.2, -0.15) is 4.68 Å². The third-order valence-electron chi connectivity index (χ3n) is 6.39. The Morgan fingerprint density at radius 3 is 2.56 bits per heavy atom. The van der Waals surface area contributed by atoms with Gasteiger partial charge in [0.1, 0.15) is 0 Å². The average molecular weight is 510 g/mol. The summed E-state index contributed by atoms with van der Waals surface area (Å²) in [6, 6.07) is 8.81. The van der Waals surface area contributed by atoms with Gasteiger partial charge in [-0.1, -0.05) is 51.0 Å². The van der Waals surface area contributed by atoms with E-state index >= 15 is 0 Å². The van der Waals surface area contributed by atoms with Crippen molar-refractivity contribution >= 4 is 24.2 Å². The number of likely N-dealkylation sites (tertiary alicyclic amines) is 1. The van der Waals surface area contributed by atoms with Crippen LogP contribution in [0, 0.1) is 5.92 Å². The van der Waals surface area contributed by atoms with Crippen LogP contribution in [-0.2, 0) is 19.0 Å². The lowest BCUT2D eigenvalue weighted by Crippen LogP contribution is -2.44. The van der Waals surface area contributed by atoms with Crippen LogP contribution in [0.2, 0.25) is 18.1 Å². The highest BCUT2D eigenvalue weighted by molar-refractivity contribution is 7.91. The molecule has 188 valence electrons. The zero-order valence-electron chi connectivity index (χ0n) is 20.8. The minimum absolute atomic E-state index is 0.00286. The first-order valence-electron chi connectivity index (χ1n) is 11.5. The van der Waals surface area contributed by atoms with Crippen LogP contribution >= 0.6 is 0 Å². The molecule has 10 nitrogen and oxygen atoms in total. The monoisotopic (exact) mass is 509 g/mol. The van der Waals surface area contributed by atoms with E-state index in [2.05, 4.69) is 49.4 Å². The third kappa shape index (κ3) is 6.22. The predicted octanol–water partition coefficient (Wildman–Crippen LogP) is 3.30. The summed E-state index contributed by atoms with van der Waals surface area (Å²) in [5.74, 6) is -0.679. The highest BCUT2D eigenvalue weighted by atomic mass is 32.2. The second kappa shape index (κ2) is 10.1. The van der Waals surface area contributed by atoms with Gasteiger partial charge in [0.15, 0.2) is 8.32 Å². The normalized spacial score (nSPS) is 18.2. The molecule has 1 saturated heterocycles. The van der Waals surface area contributed by atoms with Gasteiger partial charge in [0.2, 0.25) is 9.84 Å². The predicted molar refractivity (Wildman–Crippen MR) is 130 cm³/mol. The first-order valence-corrected chi connectivity index (χ1v) is 16.0. The molecule has 34 heavy (non-hydrogen) atoms. The summed E-state index contributed by atoms with van der Waals surface area (Å²) in [7, 11) is -5.72. The van der Waals surface area contributed by atoms with Crippen molar-refractivity contribution in [3.05, 3.63) is 30.3 Å². The Kier molecular flexibility index (Phi) is 7.83. The number of ether oxygens (including phenoxy) is 1. The number of benzene rings is 1. The number of amides is 1.